The lowest BCUT2D eigenvalue weighted by Crippen LogP contribution is -2.38. The number of nitrogens with one attached hydrogen (secondary N) is 1. The fourth-order valence-electron chi connectivity index (χ4n) is 9.60. The summed E-state index contributed by atoms with van der Waals surface area (Å²) >= 11 is 6.29. The lowest BCUT2D eigenvalue weighted by Gasteiger charge is -2.32. The van der Waals surface area contributed by atoms with Crippen LogP contribution in [-0.4, -0.2) is 135 Å². The first-order chi connectivity index (χ1) is 36.7. The first kappa shape index (κ1) is 51.1. The summed E-state index contributed by atoms with van der Waals surface area (Å²) in [6, 6.07) is 21.5. The molecule has 12 rings (SSSR count). The van der Waals surface area contributed by atoms with Gasteiger partial charge < -0.3 is 49.6 Å². The molecule has 19 heteroatoms. The van der Waals surface area contributed by atoms with Gasteiger partial charge in [-0.25, -0.2) is 28.7 Å². The van der Waals surface area contributed by atoms with Crippen molar-refractivity contribution in [2.24, 2.45) is 0 Å². The van der Waals surface area contributed by atoms with Crippen LogP contribution < -0.4 is 30.7 Å². The van der Waals surface area contributed by atoms with Gasteiger partial charge in [-0.15, -0.1) is 0 Å². The lowest BCUT2D eigenvalue weighted by atomic mass is 10.0. The first-order valence-electron chi connectivity index (χ1n) is 25.2. The lowest BCUT2D eigenvalue weighted by molar-refractivity contribution is 0.122. The minimum absolute atomic E-state index is 0.321. The number of hydrogen-bond donors (Lipinski definition) is 2. The van der Waals surface area contributed by atoms with Gasteiger partial charge in [-0.1, -0.05) is 23.7 Å². The molecule has 388 valence electrons. The van der Waals surface area contributed by atoms with Gasteiger partial charge >= 0.3 is 0 Å². The van der Waals surface area contributed by atoms with E-state index in [0.717, 1.165) is 147 Å². The van der Waals surface area contributed by atoms with Crippen LogP contribution in [-0.2, 0) is 18.9 Å². The summed E-state index contributed by atoms with van der Waals surface area (Å²) in [6.07, 6.45) is 10.8. The minimum atomic E-state index is -0.351. The van der Waals surface area contributed by atoms with Crippen LogP contribution in [0.3, 0.4) is 0 Å². The van der Waals surface area contributed by atoms with Crippen LogP contribution in [0.4, 0.5) is 48.9 Å². The van der Waals surface area contributed by atoms with Crippen molar-refractivity contribution in [3.05, 3.63) is 138 Å². The maximum atomic E-state index is 15.3. The van der Waals surface area contributed by atoms with E-state index in [1.165, 1.54) is 12.1 Å². The van der Waals surface area contributed by atoms with Gasteiger partial charge in [0.2, 0.25) is 0 Å². The second kappa shape index (κ2) is 23.9. The molecule has 0 radical (unpaired) electrons. The summed E-state index contributed by atoms with van der Waals surface area (Å²) in [7, 11) is 0. The number of ether oxygens (including phenoxy) is 4. The van der Waals surface area contributed by atoms with Gasteiger partial charge in [-0.05, 0) is 85.6 Å². The Balaban J connectivity index is 0.000000142. The van der Waals surface area contributed by atoms with Crippen molar-refractivity contribution in [3.8, 4) is 22.5 Å². The summed E-state index contributed by atoms with van der Waals surface area (Å²) in [4.78, 5) is 36.0. The molecule has 10 heterocycles. The third-order valence-corrected chi connectivity index (χ3v) is 14.0. The van der Waals surface area contributed by atoms with E-state index in [9.17, 15) is 4.39 Å². The summed E-state index contributed by atoms with van der Waals surface area (Å²) < 4.78 is 51.0. The molecule has 4 aliphatic rings. The topological polar surface area (TPSA) is 165 Å². The molecule has 6 aromatic heterocycles. The number of nitrogens with two attached hydrogens (primary N) is 1. The van der Waals surface area contributed by atoms with E-state index in [-0.39, 0.29) is 11.6 Å². The molecule has 4 fully saturated rings. The zero-order valence-corrected chi connectivity index (χ0v) is 42.8. The Kier molecular flexibility index (Phi) is 16.3. The van der Waals surface area contributed by atoms with Crippen molar-refractivity contribution in [1.82, 2.24) is 29.9 Å². The fraction of sp³-hybridized carbons (Fsp3) is 0.321. The number of aromatic nitrogens is 6. The number of benzene rings is 2. The Labute approximate surface area is 439 Å². The Morgan fingerprint density at radius 2 is 0.987 bits per heavy atom. The van der Waals surface area contributed by atoms with Crippen molar-refractivity contribution in [3.63, 3.8) is 0 Å². The van der Waals surface area contributed by atoms with Crippen molar-refractivity contribution in [1.29, 1.82) is 0 Å². The molecule has 0 amide bonds. The fourth-order valence-corrected chi connectivity index (χ4v) is 9.87. The highest BCUT2D eigenvalue weighted by Gasteiger charge is 2.24. The number of halogens is 3. The number of anilines is 7. The van der Waals surface area contributed by atoms with Crippen molar-refractivity contribution >= 4 is 73.5 Å². The van der Waals surface area contributed by atoms with E-state index in [2.05, 4.69) is 50.9 Å². The smallest absolute Gasteiger partial charge is 0.152 e. The van der Waals surface area contributed by atoms with Gasteiger partial charge in [0, 0.05) is 88.3 Å². The molecule has 3 N–H and O–H groups in total. The maximum absolute atomic E-state index is 15.3. The van der Waals surface area contributed by atoms with E-state index in [1.54, 1.807) is 43.0 Å². The standard InChI is InChI=1S/C28H29FN6O2.C15H10ClFN2.C13H20N4O2/c1-19-26(20-4-3-7-30-17-20)32-23-6-2-5-22(29)25(23)27(19)33-24-16-21(34-8-12-36-13-9-34)18-31-28(24)35-10-14-37-15-11-35;1-9-14(16)13-11(17)5-2-6-12(13)19-15(9)10-4-3-7-18-8-10;14-12-9-11(16-1-5-18-6-2-16)10-15-13(12)17-3-7-19-8-4-17/h2-7,16-18H,8-15H2,1H3,(H,32,33);2-8H,1H3;9-10H,1-8,14H2. The molecule has 4 saturated heterocycles. The van der Waals surface area contributed by atoms with Crippen LogP contribution in [0.25, 0.3) is 44.3 Å². The van der Waals surface area contributed by atoms with Crippen LogP contribution in [0, 0.1) is 25.5 Å². The second-order valence-electron chi connectivity index (χ2n) is 18.3. The summed E-state index contributed by atoms with van der Waals surface area (Å²) in [5.74, 6) is 1.03. The number of nitrogen functional groups attached to an aromatic ring is 1. The normalized spacial score (nSPS) is 16.0. The SMILES string of the molecule is Cc1c(-c2cccnc2)nc2cccc(F)c2c1Cl.Cc1c(-c2cccnc2)nc2cccc(F)c2c1Nc1cc(N2CCOCC2)cnc1N1CCOCC1.Nc1cc(N2CCOCC2)cnc1N1CCOCC1. The molecule has 75 heavy (non-hydrogen) atoms. The van der Waals surface area contributed by atoms with Gasteiger partial charge in [0.1, 0.15) is 11.6 Å². The summed E-state index contributed by atoms with van der Waals surface area (Å²) in [5, 5.41) is 4.84. The number of hydrogen-bond acceptors (Lipinski definition) is 16. The zero-order chi connectivity index (χ0) is 51.7. The van der Waals surface area contributed by atoms with E-state index >= 15 is 4.39 Å². The molecule has 16 nitrogen and oxygen atoms in total. The third kappa shape index (κ3) is 11.6. The second-order valence-corrected chi connectivity index (χ2v) is 18.7. The van der Waals surface area contributed by atoms with E-state index in [0.29, 0.717) is 58.9 Å². The molecule has 8 aromatic rings. The highest BCUT2D eigenvalue weighted by molar-refractivity contribution is 6.36. The summed E-state index contributed by atoms with van der Waals surface area (Å²) in [5.41, 5.74) is 16.5. The minimum Gasteiger partial charge on any atom is -0.396 e. The van der Waals surface area contributed by atoms with E-state index < -0.39 is 0 Å². The van der Waals surface area contributed by atoms with E-state index in [1.807, 2.05) is 62.6 Å². The van der Waals surface area contributed by atoms with Gasteiger partial charge in [0.15, 0.2) is 11.6 Å². The van der Waals surface area contributed by atoms with Crippen LogP contribution in [0.1, 0.15) is 11.1 Å². The third-order valence-electron chi connectivity index (χ3n) is 13.6. The molecule has 2 aromatic carbocycles. The average Bonchev–Trinajstić information content (AvgIpc) is 3.47. The van der Waals surface area contributed by atoms with Gasteiger partial charge in [-0.3, -0.25) is 9.97 Å². The average molecular weight is 1040 g/mol. The Bertz CT molecular complexity index is 3230. The molecule has 0 saturated carbocycles. The molecule has 4 aliphatic heterocycles. The highest BCUT2D eigenvalue weighted by atomic mass is 35.5. The van der Waals surface area contributed by atoms with Crippen LogP contribution in [0.2, 0.25) is 5.02 Å². The van der Waals surface area contributed by atoms with Crippen molar-refractivity contribution in [2.75, 3.05) is 136 Å². The van der Waals surface area contributed by atoms with Gasteiger partial charge in [0.05, 0.1) is 132 Å². The quantitative estimate of drug-likeness (QED) is 0.148. The van der Waals surface area contributed by atoms with Gasteiger partial charge in [-0.2, -0.15) is 0 Å². The number of fused-ring (bicyclic) bond motifs is 2. The Morgan fingerprint density at radius 3 is 1.49 bits per heavy atom. The Hall–Kier alpha value is -7.35. The van der Waals surface area contributed by atoms with Crippen LogP contribution >= 0.6 is 11.6 Å². The van der Waals surface area contributed by atoms with Crippen molar-refractivity contribution in [2.45, 2.75) is 13.8 Å². The highest BCUT2D eigenvalue weighted by Crippen LogP contribution is 2.40. The number of nitrogens with zero attached hydrogens (tertiary/aromatic N) is 10. The molecular formula is C56H59ClF2N12O4. The molecule has 0 unspecified atom stereocenters. The van der Waals surface area contributed by atoms with Crippen LogP contribution in [0.15, 0.2) is 110 Å². The number of rotatable bonds is 8. The molecule has 0 spiro atoms. The molecule has 0 bridgehead atoms. The Morgan fingerprint density at radius 1 is 0.533 bits per heavy atom. The van der Waals surface area contributed by atoms with Crippen LogP contribution in [0.5, 0.6) is 0 Å². The zero-order valence-electron chi connectivity index (χ0n) is 42.0. The van der Waals surface area contributed by atoms with E-state index in [4.69, 9.17) is 46.3 Å². The number of morpholine rings is 4. The predicted molar refractivity (Wildman–Crippen MR) is 293 cm³/mol. The summed E-state index contributed by atoms with van der Waals surface area (Å²) in [6.45, 7) is 16.1. The largest absolute Gasteiger partial charge is 0.396 e. The molecule has 0 aliphatic carbocycles. The number of pyridine rings is 6. The van der Waals surface area contributed by atoms with Gasteiger partial charge in [0.25, 0.3) is 0 Å². The van der Waals surface area contributed by atoms with Crippen molar-refractivity contribution < 1.29 is 27.7 Å². The maximum Gasteiger partial charge on any atom is 0.152 e. The first-order valence-corrected chi connectivity index (χ1v) is 25.6. The predicted octanol–water partition coefficient (Wildman–Crippen LogP) is 9.29. The monoisotopic (exact) mass is 1040 g/mol. The molecule has 0 atom stereocenters. The molecular weight excluding hydrogens is 978 g/mol.